The second-order valence-corrected chi connectivity index (χ2v) is 9.52. The summed E-state index contributed by atoms with van der Waals surface area (Å²) >= 11 is 0. The van der Waals surface area contributed by atoms with Crippen LogP contribution in [-0.4, -0.2) is 40.1 Å². The lowest BCUT2D eigenvalue weighted by Crippen LogP contribution is -2.44. The third-order valence-corrected chi connectivity index (χ3v) is 6.78. The van der Waals surface area contributed by atoms with Crippen molar-refractivity contribution < 1.29 is 37.0 Å². The molecule has 13 heteroatoms. The second-order valence-electron chi connectivity index (χ2n) is 9.52. The van der Waals surface area contributed by atoms with Crippen molar-refractivity contribution in [3.63, 3.8) is 0 Å². The normalized spacial score (nSPS) is 14.2. The molecule has 220 valence electrons. The number of aromatic nitrogens is 1. The van der Waals surface area contributed by atoms with Crippen LogP contribution in [0, 0.1) is 23.3 Å². The summed E-state index contributed by atoms with van der Waals surface area (Å²) in [4.78, 5) is 37.0. The predicted octanol–water partition coefficient (Wildman–Crippen LogP) is 4.77. The van der Waals surface area contributed by atoms with E-state index in [2.05, 4.69) is 5.32 Å². The first-order chi connectivity index (χ1) is 19.1. The standard InChI is InChI=1S/C28H27F4N3O5.ClH/c29-15-6-7-18(20(30)12-15)26(37)19-8-9-24(36)35(27(19)33)25-21(31)13-17(14-22(25)32)40-11-10-23(28(38)39)34-16-4-2-1-3-5-16;/h6-9,12-14,16,23,34H,1-5,10-11,33H2,(H,38,39);1H/t23-;/m0./s1. The molecule has 4 rings (SSSR count). The van der Waals surface area contributed by atoms with Gasteiger partial charge in [-0.2, -0.15) is 0 Å². The number of nitrogen functional groups attached to an aromatic ring is 1. The summed E-state index contributed by atoms with van der Waals surface area (Å²) in [5, 5.41) is 12.6. The number of hydrogen-bond donors (Lipinski definition) is 3. The van der Waals surface area contributed by atoms with Crippen LogP contribution in [0.4, 0.5) is 23.4 Å². The van der Waals surface area contributed by atoms with Crippen molar-refractivity contribution in [2.45, 2.75) is 50.6 Å². The first-order valence-corrected chi connectivity index (χ1v) is 12.7. The van der Waals surface area contributed by atoms with Gasteiger partial charge in [-0.1, -0.05) is 19.3 Å². The monoisotopic (exact) mass is 597 g/mol. The number of carbonyl (C=O) groups is 2. The van der Waals surface area contributed by atoms with Crippen LogP contribution >= 0.6 is 12.4 Å². The van der Waals surface area contributed by atoms with E-state index in [1.54, 1.807) is 0 Å². The van der Waals surface area contributed by atoms with E-state index >= 15 is 8.78 Å². The zero-order chi connectivity index (χ0) is 29.0. The van der Waals surface area contributed by atoms with Gasteiger partial charge in [-0.25, -0.2) is 17.6 Å². The quantitative estimate of drug-likeness (QED) is 0.227. The van der Waals surface area contributed by atoms with E-state index in [-0.39, 0.29) is 37.2 Å². The fraction of sp³-hybridized carbons (Fsp3) is 0.321. The van der Waals surface area contributed by atoms with Crippen LogP contribution in [0.3, 0.4) is 0 Å². The minimum absolute atomic E-state index is 0. The molecule has 8 nitrogen and oxygen atoms in total. The SMILES string of the molecule is Cl.Nc1c(C(=O)c2ccc(F)cc2F)ccc(=O)n1-c1c(F)cc(OCC[C@H](NC2CCCCC2)C(=O)O)cc1F. The highest BCUT2D eigenvalue weighted by Crippen LogP contribution is 2.27. The molecule has 41 heavy (non-hydrogen) atoms. The maximum absolute atomic E-state index is 15.1. The molecule has 1 heterocycles. The zero-order valence-corrected chi connectivity index (χ0v) is 22.5. The van der Waals surface area contributed by atoms with Gasteiger partial charge in [0.05, 0.1) is 17.7 Å². The van der Waals surface area contributed by atoms with Crippen molar-refractivity contribution in [1.29, 1.82) is 0 Å². The molecule has 1 aliphatic rings. The molecule has 0 bridgehead atoms. The molecule has 3 aromatic rings. The molecule has 0 radical (unpaired) electrons. The van der Waals surface area contributed by atoms with E-state index in [1.165, 1.54) is 0 Å². The molecule has 1 aliphatic carbocycles. The van der Waals surface area contributed by atoms with Gasteiger partial charge in [0.15, 0.2) is 17.4 Å². The lowest BCUT2D eigenvalue weighted by molar-refractivity contribution is -0.140. The van der Waals surface area contributed by atoms with Gasteiger partial charge in [0, 0.05) is 36.7 Å². The molecule has 0 aliphatic heterocycles. The molecule has 2 aromatic carbocycles. The zero-order valence-electron chi connectivity index (χ0n) is 21.7. The van der Waals surface area contributed by atoms with E-state index < -0.39 is 69.3 Å². The number of carbonyl (C=O) groups excluding carboxylic acids is 1. The van der Waals surface area contributed by atoms with Gasteiger partial charge < -0.3 is 20.9 Å². The van der Waals surface area contributed by atoms with Crippen LogP contribution in [-0.2, 0) is 4.79 Å². The number of nitrogens with one attached hydrogen (secondary N) is 1. The molecule has 1 fully saturated rings. The van der Waals surface area contributed by atoms with Crippen molar-refractivity contribution in [2.24, 2.45) is 0 Å². The van der Waals surface area contributed by atoms with Gasteiger partial charge in [0.1, 0.15) is 34.9 Å². The van der Waals surface area contributed by atoms with E-state index in [0.717, 1.165) is 68.5 Å². The van der Waals surface area contributed by atoms with Gasteiger partial charge >= 0.3 is 5.97 Å². The number of rotatable bonds is 10. The number of carboxylic acid groups (broad SMARTS) is 1. The lowest BCUT2D eigenvalue weighted by atomic mass is 9.94. The van der Waals surface area contributed by atoms with Crippen molar-refractivity contribution in [3.05, 3.63) is 87.2 Å². The van der Waals surface area contributed by atoms with Crippen LogP contribution in [0.1, 0.15) is 54.4 Å². The fourth-order valence-corrected chi connectivity index (χ4v) is 4.76. The van der Waals surface area contributed by atoms with E-state index in [4.69, 9.17) is 10.5 Å². The van der Waals surface area contributed by atoms with Crippen LogP contribution in [0.5, 0.6) is 5.75 Å². The Labute approximate surface area is 238 Å². The van der Waals surface area contributed by atoms with Gasteiger partial charge in [0.2, 0.25) is 0 Å². The molecule has 0 unspecified atom stereocenters. The van der Waals surface area contributed by atoms with Crippen molar-refractivity contribution in [3.8, 4) is 11.4 Å². The molecule has 1 saturated carbocycles. The fourth-order valence-electron chi connectivity index (χ4n) is 4.76. The first kappa shape index (κ1) is 31.6. The molecule has 0 amide bonds. The second kappa shape index (κ2) is 13.6. The van der Waals surface area contributed by atoms with E-state index in [0.29, 0.717) is 10.6 Å². The van der Waals surface area contributed by atoms with E-state index in [9.17, 15) is 28.3 Å². The Kier molecular flexibility index (Phi) is 10.5. The van der Waals surface area contributed by atoms with E-state index in [1.807, 2.05) is 0 Å². The summed E-state index contributed by atoms with van der Waals surface area (Å²) in [6.07, 6.45) is 4.91. The highest BCUT2D eigenvalue weighted by atomic mass is 35.5. The third-order valence-electron chi connectivity index (χ3n) is 6.78. The Morgan fingerprint density at radius 3 is 2.22 bits per heavy atom. The largest absolute Gasteiger partial charge is 0.493 e. The van der Waals surface area contributed by atoms with Crippen LogP contribution in [0.25, 0.3) is 5.69 Å². The molecular weight excluding hydrogens is 570 g/mol. The lowest BCUT2D eigenvalue weighted by Gasteiger charge is -2.26. The number of nitrogens with two attached hydrogens (primary N) is 1. The van der Waals surface area contributed by atoms with Crippen molar-refractivity contribution in [2.75, 3.05) is 12.3 Å². The highest BCUT2D eigenvalue weighted by molar-refractivity contribution is 6.11. The minimum Gasteiger partial charge on any atom is -0.493 e. The number of halogens is 5. The Morgan fingerprint density at radius 1 is 0.976 bits per heavy atom. The Morgan fingerprint density at radius 2 is 1.61 bits per heavy atom. The summed E-state index contributed by atoms with van der Waals surface area (Å²) < 4.78 is 63.5. The molecule has 1 atom stereocenters. The average molecular weight is 598 g/mol. The number of aliphatic carboxylic acids is 1. The van der Waals surface area contributed by atoms with Crippen LogP contribution in [0.15, 0.2) is 47.3 Å². The van der Waals surface area contributed by atoms with Gasteiger partial charge in [-0.05, 0) is 31.0 Å². The van der Waals surface area contributed by atoms with Gasteiger partial charge in [0.25, 0.3) is 5.56 Å². The van der Waals surface area contributed by atoms with Crippen molar-refractivity contribution in [1.82, 2.24) is 9.88 Å². The Balaban J connectivity index is 0.00000462. The van der Waals surface area contributed by atoms with Crippen LogP contribution < -0.4 is 21.3 Å². The number of hydrogen-bond acceptors (Lipinski definition) is 6. The minimum atomic E-state index is -1.25. The van der Waals surface area contributed by atoms with Gasteiger partial charge in [-0.15, -0.1) is 12.4 Å². The summed E-state index contributed by atoms with van der Waals surface area (Å²) in [5.41, 5.74) is 3.09. The van der Waals surface area contributed by atoms with Crippen molar-refractivity contribution >= 4 is 30.0 Å². The third kappa shape index (κ3) is 7.25. The number of pyridine rings is 1. The number of ketones is 1. The maximum Gasteiger partial charge on any atom is 0.320 e. The highest BCUT2D eigenvalue weighted by Gasteiger charge is 2.25. The maximum atomic E-state index is 15.1. The average Bonchev–Trinajstić information content (AvgIpc) is 2.90. The molecular formula is C28H28ClF4N3O5. The molecule has 4 N–H and O–H groups in total. The number of benzene rings is 2. The number of anilines is 1. The summed E-state index contributed by atoms with van der Waals surface area (Å²) in [5.74, 6) is -7.62. The first-order valence-electron chi connectivity index (χ1n) is 12.7. The predicted molar refractivity (Wildman–Crippen MR) is 145 cm³/mol. The van der Waals surface area contributed by atoms with Gasteiger partial charge in [-0.3, -0.25) is 19.0 Å². The summed E-state index contributed by atoms with van der Waals surface area (Å²) in [7, 11) is 0. The Bertz CT molecular complexity index is 1470. The Hall–Kier alpha value is -3.90. The molecule has 0 saturated heterocycles. The topological polar surface area (TPSA) is 124 Å². The summed E-state index contributed by atoms with van der Waals surface area (Å²) in [6, 6.07) is 4.80. The smallest absolute Gasteiger partial charge is 0.320 e. The molecule has 0 spiro atoms. The number of ether oxygens (including phenoxy) is 1. The summed E-state index contributed by atoms with van der Waals surface area (Å²) in [6.45, 7) is -0.162. The van der Waals surface area contributed by atoms with Crippen LogP contribution in [0.2, 0.25) is 0 Å². The molecule has 1 aromatic heterocycles. The number of carboxylic acids is 1. The number of nitrogens with zero attached hydrogens (tertiary/aromatic N) is 1.